The van der Waals surface area contributed by atoms with Crippen LogP contribution in [-0.4, -0.2) is 36.5 Å². The smallest absolute Gasteiger partial charge is 0.227 e. The fraction of sp³-hybridized carbons (Fsp3) is 0.600. The summed E-state index contributed by atoms with van der Waals surface area (Å²) >= 11 is 1.96. The van der Waals surface area contributed by atoms with Gasteiger partial charge in [0.25, 0.3) is 0 Å². The largest absolute Gasteiger partial charge is 0.354 e. The first kappa shape index (κ1) is 22.3. The van der Waals surface area contributed by atoms with Gasteiger partial charge in [0.1, 0.15) is 0 Å². The molecule has 3 rings (SSSR count). The van der Waals surface area contributed by atoms with Crippen LogP contribution in [0.3, 0.4) is 0 Å². The second-order valence-electron chi connectivity index (χ2n) is 7.26. The van der Waals surface area contributed by atoms with E-state index in [-0.39, 0.29) is 35.8 Å². The van der Waals surface area contributed by atoms with E-state index in [4.69, 9.17) is 0 Å². The molecule has 3 N–H and O–H groups in total. The van der Waals surface area contributed by atoms with Gasteiger partial charge < -0.3 is 16.0 Å². The van der Waals surface area contributed by atoms with Crippen molar-refractivity contribution in [1.82, 2.24) is 10.6 Å². The number of thioether (sulfide) groups is 1. The number of halogens is 1. The minimum absolute atomic E-state index is 0. The molecule has 0 heterocycles. The van der Waals surface area contributed by atoms with Crippen molar-refractivity contribution in [1.29, 1.82) is 0 Å². The zero-order valence-electron chi connectivity index (χ0n) is 16.2. The van der Waals surface area contributed by atoms with E-state index in [1.165, 1.54) is 25.7 Å². The van der Waals surface area contributed by atoms with Crippen LogP contribution in [0.4, 0.5) is 5.69 Å². The second kappa shape index (κ2) is 11.1. The van der Waals surface area contributed by atoms with Gasteiger partial charge in [-0.2, -0.15) is 11.8 Å². The molecule has 2 unspecified atom stereocenters. The molecule has 1 aromatic carbocycles. The number of aliphatic imine (C=N–C) groups is 1. The SMILES string of the molecule is CN=C(NCc1cccc(NC(=O)C2CCC2)c1)NC1CCC(SC)C1.I. The highest BCUT2D eigenvalue weighted by Gasteiger charge is 2.25. The molecule has 1 amide bonds. The number of carbonyl (C=O) groups is 1. The van der Waals surface area contributed by atoms with Gasteiger partial charge in [-0.25, -0.2) is 0 Å². The number of rotatable bonds is 6. The molecule has 2 saturated carbocycles. The summed E-state index contributed by atoms with van der Waals surface area (Å²) in [6.45, 7) is 0.686. The average Bonchev–Trinajstić information content (AvgIpc) is 3.05. The molecule has 0 radical (unpaired) electrons. The minimum atomic E-state index is 0. The molecule has 1 aromatic rings. The molecule has 0 aromatic heterocycles. The maximum atomic E-state index is 12.1. The Bertz CT molecular complexity index is 651. The lowest BCUT2D eigenvalue weighted by molar-refractivity contribution is -0.122. The average molecular weight is 502 g/mol. The first-order valence-electron chi connectivity index (χ1n) is 9.57. The van der Waals surface area contributed by atoms with Crippen LogP contribution >= 0.6 is 35.7 Å². The third-order valence-corrected chi connectivity index (χ3v) is 6.51. The molecule has 0 saturated heterocycles. The van der Waals surface area contributed by atoms with Crippen LogP contribution in [0, 0.1) is 5.92 Å². The van der Waals surface area contributed by atoms with Gasteiger partial charge in [-0.05, 0) is 56.1 Å². The Hall–Kier alpha value is -0.960. The number of hydrogen-bond acceptors (Lipinski definition) is 3. The van der Waals surface area contributed by atoms with E-state index < -0.39 is 0 Å². The Kier molecular flexibility index (Phi) is 9.21. The maximum Gasteiger partial charge on any atom is 0.227 e. The van der Waals surface area contributed by atoms with E-state index in [2.05, 4.69) is 33.3 Å². The standard InChI is InChI=1S/C20H30N4OS.HI/c1-21-20(24-17-9-10-18(12-17)26-2)22-13-14-5-3-8-16(11-14)23-19(25)15-6-4-7-15;/h3,5,8,11,15,17-18H,4,6-7,9-10,12-13H2,1-2H3,(H,23,25)(H2,21,22,24);1H. The van der Waals surface area contributed by atoms with E-state index in [0.717, 1.165) is 35.3 Å². The number of amides is 1. The molecular formula is C20H31IN4OS. The quantitative estimate of drug-likeness (QED) is 0.313. The van der Waals surface area contributed by atoms with Crippen LogP contribution in [0.5, 0.6) is 0 Å². The molecule has 0 bridgehead atoms. The Morgan fingerprint density at radius 2 is 2.07 bits per heavy atom. The maximum absolute atomic E-state index is 12.1. The molecule has 7 heteroatoms. The third-order valence-electron chi connectivity index (χ3n) is 5.41. The summed E-state index contributed by atoms with van der Waals surface area (Å²) in [4.78, 5) is 16.5. The van der Waals surface area contributed by atoms with Crippen molar-refractivity contribution in [2.45, 2.75) is 56.4 Å². The molecule has 150 valence electrons. The molecule has 0 spiro atoms. The highest BCUT2D eigenvalue weighted by molar-refractivity contribution is 14.0. The van der Waals surface area contributed by atoms with Gasteiger partial charge in [0.2, 0.25) is 5.91 Å². The normalized spacial score (nSPS) is 22.5. The fourth-order valence-electron chi connectivity index (χ4n) is 3.53. The number of benzene rings is 1. The monoisotopic (exact) mass is 502 g/mol. The van der Waals surface area contributed by atoms with Crippen LogP contribution in [0.15, 0.2) is 29.3 Å². The summed E-state index contributed by atoms with van der Waals surface area (Å²) < 4.78 is 0. The first-order chi connectivity index (χ1) is 12.7. The summed E-state index contributed by atoms with van der Waals surface area (Å²) in [6.07, 6.45) is 9.09. The summed E-state index contributed by atoms with van der Waals surface area (Å²) in [5.74, 6) is 1.21. The number of anilines is 1. The zero-order chi connectivity index (χ0) is 18.4. The van der Waals surface area contributed by atoms with Crippen LogP contribution in [0.1, 0.15) is 44.1 Å². The predicted octanol–water partition coefficient (Wildman–Crippen LogP) is 3.99. The minimum Gasteiger partial charge on any atom is -0.354 e. The van der Waals surface area contributed by atoms with E-state index in [0.29, 0.717) is 12.6 Å². The van der Waals surface area contributed by atoms with Crippen molar-refractivity contribution in [3.63, 3.8) is 0 Å². The Labute approximate surface area is 184 Å². The van der Waals surface area contributed by atoms with Gasteiger partial charge >= 0.3 is 0 Å². The number of guanidine groups is 1. The van der Waals surface area contributed by atoms with Gasteiger partial charge in [0, 0.05) is 36.5 Å². The molecule has 2 atom stereocenters. The zero-order valence-corrected chi connectivity index (χ0v) is 19.3. The number of hydrogen-bond donors (Lipinski definition) is 3. The van der Waals surface area contributed by atoms with Crippen LogP contribution in [0.2, 0.25) is 0 Å². The molecule has 0 aliphatic heterocycles. The van der Waals surface area contributed by atoms with Crippen molar-refractivity contribution in [3.05, 3.63) is 29.8 Å². The van der Waals surface area contributed by atoms with Gasteiger partial charge in [0.15, 0.2) is 5.96 Å². The van der Waals surface area contributed by atoms with Gasteiger partial charge in [-0.15, -0.1) is 24.0 Å². The predicted molar refractivity (Wildman–Crippen MR) is 126 cm³/mol. The topological polar surface area (TPSA) is 65.5 Å². The molecule has 2 aliphatic rings. The second-order valence-corrected chi connectivity index (χ2v) is 8.39. The Morgan fingerprint density at radius 3 is 2.70 bits per heavy atom. The van der Waals surface area contributed by atoms with Gasteiger partial charge in [-0.3, -0.25) is 9.79 Å². The summed E-state index contributed by atoms with van der Waals surface area (Å²) in [6, 6.07) is 8.55. The molecule has 5 nitrogen and oxygen atoms in total. The molecule has 2 fully saturated rings. The van der Waals surface area contributed by atoms with Crippen molar-refractivity contribution in [3.8, 4) is 0 Å². The van der Waals surface area contributed by atoms with E-state index in [1.807, 2.05) is 37.0 Å². The first-order valence-corrected chi connectivity index (χ1v) is 10.9. The summed E-state index contributed by atoms with van der Waals surface area (Å²) in [7, 11) is 1.81. The third kappa shape index (κ3) is 6.55. The van der Waals surface area contributed by atoms with E-state index >= 15 is 0 Å². The Balaban J connectivity index is 0.00000261. The summed E-state index contributed by atoms with van der Waals surface area (Å²) in [5, 5.41) is 10.7. The molecule has 27 heavy (non-hydrogen) atoms. The molecule has 2 aliphatic carbocycles. The van der Waals surface area contributed by atoms with E-state index in [9.17, 15) is 4.79 Å². The molecular weight excluding hydrogens is 471 g/mol. The highest BCUT2D eigenvalue weighted by atomic mass is 127. The lowest BCUT2D eigenvalue weighted by Crippen LogP contribution is -2.42. The van der Waals surface area contributed by atoms with Crippen molar-refractivity contribution < 1.29 is 4.79 Å². The fourth-order valence-corrected chi connectivity index (χ4v) is 4.33. The number of nitrogens with one attached hydrogen (secondary N) is 3. The van der Waals surface area contributed by atoms with Crippen molar-refractivity contribution in [2.24, 2.45) is 10.9 Å². The van der Waals surface area contributed by atoms with Gasteiger partial charge in [-0.1, -0.05) is 18.6 Å². The Morgan fingerprint density at radius 1 is 1.26 bits per heavy atom. The van der Waals surface area contributed by atoms with E-state index in [1.54, 1.807) is 0 Å². The van der Waals surface area contributed by atoms with Crippen molar-refractivity contribution >= 4 is 53.3 Å². The summed E-state index contributed by atoms with van der Waals surface area (Å²) in [5.41, 5.74) is 2.01. The van der Waals surface area contributed by atoms with Crippen LogP contribution in [0.25, 0.3) is 0 Å². The van der Waals surface area contributed by atoms with Gasteiger partial charge in [0.05, 0.1) is 0 Å². The van der Waals surface area contributed by atoms with Crippen LogP contribution in [-0.2, 0) is 11.3 Å². The van der Waals surface area contributed by atoms with Crippen molar-refractivity contribution in [2.75, 3.05) is 18.6 Å². The van der Waals surface area contributed by atoms with Crippen LogP contribution < -0.4 is 16.0 Å². The highest BCUT2D eigenvalue weighted by Crippen LogP contribution is 2.28. The number of carbonyl (C=O) groups excluding carboxylic acids is 1. The lowest BCUT2D eigenvalue weighted by atomic mass is 9.85. The lowest BCUT2D eigenvalue weighted by Gasteiger charge is -2.24. The number of nitrogens with zero attached hydrogens (tertiary/aromatic N) is 1.